The van der Waals surface area contributed by atoms with Gasteiger partial charge in [0.15, 0.2) is 5.78 Å². The van der Waals surface area contributed by atoms with Crippen LogP contribution in [0.5, 0.6) is 5.75 Å². The average molecular weight is 589 g/mol. The topological polar surface area (TPSA) is 38.3 Å². The number of carbonyl (C=O) groups excluding carboxylic acids is 1. The van der Waals surface area contributed by atoms with Gasteiger partial charge in [0.25, 0.3) is 0 Å². The van der Waals surface area contributed by atoms with Crippen molar-refractivity contribution in [1.82, 2.24) is 0 Å². The molecule has 3 nitrogen and oxygen atoms in total. The number of Topliss-reactive ketones (excluding diaryl/α,β-unsaturated/α-hetero) is 1. The SMILES string of the molecule is O=C1CCCC2=C1[C@H](c1cc(Br)cc(Br)c1OCc1ccccc1)Nc1ccc3ccccc3c12. The summed E-state index contributed by atoms with van der Waals surface area (Å²) in [7, 11) is 0. The molecule has 0 spiro atoms. The lowest BCUT2D eigenvalue weighted by Crippen LogP contribution is -2.27. The van der Waals surface area contributed by atoms with E-state index in [1.807, 2.05) is 24.3 Å². The Kier molecular flexibility index (Phi) is 5.99. The van der Waals surface area contributed by atoms with Crippen molar-refractivity contribution in [3.8, 4) is 5.75 Å². The Morgan fingerprint density at radius 1 is 0.914 bits per heavy atom. The molecule has 4 aromatic rings. The first kappa shape index (κ1) is 22.6. The molecule has 1 aliphatic carbocycles. The Hall–Kier alpha value is -2.89. The van der Waals surface area contributed by atoms with E-state index in [1.165, 1.54) is 21.9 Å². The molecule has 0 unspecified atom stereocenters. The molecular formula is C30H23Br2NO2. The molecule has 5 heteroatoms. The van der Waals surface area contributed by atoms with Crippen molar-refractivity contribution >= 4 is 59.7 Å². The normalized spacial score (nSPS) is 17.1. The van der Waals surface area contributed by atoms with Gasteiger partial charge in [-0.2, -0.15) is 0 Å². The van der Waals surface area contributed by atoms with Gasteiger partial charge in [-0.15, -0.1) is 0 Å². The van der Waals surface area contributed by atoms with Gasteiger partial charge in [0, 0.05) is 33.3 Å². The van der Waals surface area contributed by atoms with Crippen LogP contribution in [-0.2, 0) is 11.4 Å². The Morgan fingerprint density at radius 3 is 2.57 bits per heavy atom. The van der Waals surface area contributed by atoms with Crippen molar-refractivity contribution < 1.29 is 9.53 Å². The van der Waals surface area contributed by atoms with E-state index in [-0.39, 0.29) is 11.8 Å². The fourth-order valence-corrected chi connectivity index (χ4v) is 6.69. The number of hydrogen-bond donors (Lipinski definition) is 1. The number of halogens is 2. The van der Waals surface area contributed by atoms with Crippen LogP contribution in [0.1, 0.15) is 42.0 Å². The van der Waals surface area contributed by atoms with E-state index in [0.29, 0.717) is 13.0 Å². The van der Waals surface area contributed by atoms with Gasteiger partial charge in [-0.3, -0.25) is 4.79 Å². The third-order valence-corrected chi connectivity index (χ3v) is 7.90. The van der Waals surface area contributed by atoms with Crippen LogP contribution in [0.25, 0.3) is 16.3 Å². The molecule has 4 aromatic carbocycles. The van der Waals surface area contributed by atoms with Gasteiger partial charge >= 0.3 is 0 Å². The Bertz CT molecular complexity index is 1490. The molecule has 0 saturated carbocycles. The molecule has 0 radical (unpaired) electrons. The molecule has 35 heavy (non-hydrogen) atoms. The van der Waals surface area contributed by atoms with Crippen molar-refractivity contribution in [3.63, 3.8) is 0 Å². The predicted molar refractivity (Wildman–Crippen MR) is 149 cm³/mol. The molecular weight excluding hydrogens is 566 g/mol. The van der Waals surface area contributed by atoms with Crippen molar-refractivity contribution in [3.05, 3.63) is 110 Å². The second-order valence-corrected chi connectivity index (χ2v) is 10.8. The lowest BCUT2D eigenvalue weighted by Gasteiger charge is -2.36. The summed E-state index contributed by atoms with van der Waals surface area (Å²) in [5.41, 5.74) is 6.31. The van der Waals surface area contributed by atoms with Crippen LogP contribution in [0.15, 0.2) is 93.4 Å². The summed E-state index contributed by atoms with van der Waals surface area (Å²) in [6, 6.07) is 26.6. The van der Waals surface area contributed by atoms with E-state index in [9.17, 15) is 4.79 Å². The van der Waals surface area contributed by atoms with E-state index < -0.39 is 0 Å². The maximum atomic E-state index is 13.5. The molecule has 1 N–H and O–H groups in total. The van der Waals surface area contributed by atoms with Gasteiger partial charge in [0.1, 0.15) is 12.4 Å². The molecule has 0 bridgehead atoms. The van der Waals surface area contributed by atoms with Crippen molar-refractivity contribution in [1.29, 1.82) is 0 Å². The quantitative estimate of drug-likeness (QED) is 0.259. The number of nitrogens with one attached hydrogen (secondary N) is 1. The van der Waals surface area contributed by atoms with Crippen molar-refractivity contribution in [2.75, 3.05) is 5.32 Å². The van der Waals surface area contributed by atoms with Crippen LogP contribution < -0.4 is 10.1 Å². The summed E-state index contributed by atoms with van der Waals surface area (Å²) in [5.74, 6) is 0.969. The van der Waals surface area contributed by atoms with Gasteiger partial charge in [0.05, 0.1) is 10.5 Å². The molecule has 1 atom stereocenters. The monoisotopic (exact) mass is 587 g/mol. The number of hydrogen-bond acceptors (Lipinski definition) is 3. The molecule has 0 aromatic heterocycles. The van der Waals surface area contributed by atoms with Crippen molar-refractivity contribution in [2.45, 2.75) is 31.9 Å². The zero-order chi connectivity index (χ0) is 23.9. The number of allylic oxidation sites excluding steroid dienone is 1. The van der Waals surface area contributed by atoms with Crippen LogP contribution >= 0.6 is 31.9 Å². The molecule has 0 amide bonds. The maximum Gasteiger partial charge on any atom is 0.161 e. The lowest BCUT2D eigenvalue weighted by molar-refractivity contribution is -0.116. The summed E-state index contributed by atoms with van der Waals surface area (Å²) < 4.78 is 8.18. The Balaban J connectivity index is 1.51. The number of benzene rings is 4. The summed E-state index contributed by atoms with van der Waals surface area (Å²) in [4.78, 5) is 13.5. The van der Waals surface area contributed by atoms with E-state index in [4.69, 9.17) is 4.74 Å². The first-order valence-electron chi connectivity index (χ1n) is 11.8. The number of carbonyl (C=O) groups is 1. The predicted octanol–water partition coefficient (Wildman–Crippen LogP) is 8.62. The van der Waals surface area contributed by atoms with Gasteiger partial charge in [-0.1, -0.05) is 76.6 Å². The maximum absolute atomic E-state index is 13.5. The van der Waals surface area contributed by atoms with Gasteiger partial charge in [-0.25, -0.2) is 0 Å². The van der Waals surface area contributed by atoms with Crippen molar-refractivity contribution in [2.24, 2.45) is 0 Å². The summed E-state index contributed by atoms with van der Waals surface area (Å²) in [6.45, 7) is 0.446. The molecule has 0 saturated heterocycles. The minimum Gasteiger partial charge on any atom is -0.487 e. The minimum absolute atomic E-state index is 0.215. The minimum atomic E-state index is -0.286. The number of fused-ring (bicyclic) bond motifs is 4. The molecule has 1 heterocycles. The van der Waals surface area contributed by atoms with Crippen LogP contribution in [0.4, 0.5) is 5.69 Å². The summed E-state index contributed by atoms with van der Waals surface area (Å²) in [6.07, 6.45) is 2.36. The van der Waals surface area contributed by atoms with Crippen LogP contribution in [0, 0.1) is 0 Å². The number of anilines is 1. The Morgan fingerprint density at radius 2 is 1.71 bits per heavy atom. The Labute approximate surface area is 221 Å². The second kappa shape index (κ2) is 9.29. The lowest BCUT2D eigenvalue weighted by atomic mass is 9.76. The van der Waals surface area contributed by atoms with Gasteiger partial charge in [-0.05, 0) is 68.9 Å². The number of ketones is 1. The highest BCUT2D eigenvalue weighted by Crippen LogP contribution is 2.50. The summed E-state index contributed by atoms with van der Waals surface area (Å²) in [5, 5.41) is 6.11. The zero-order valence-electron chi connectivity index (χ0n) is 19.0. The van der Waals surface area contributed by atoms with Crippen LogP contribution in [0.2, 0.25) is 0 Å². The van der Waals surface area contributed by atoms with E-state index in [2.05, 4.69) is 91.8 Å². The van der Waals surface area contributed by atoms with E-state index in [0.717, 1.165) is 49.9 Å². The third kappa shape index (κ3) is 4.11. The smallest absolute Gasteiger partial charge is 0.161 e. The highest BCUT2D eigenvalue weighted by Gasteiger charge is 2.36. The van der Waals surface area contributed by atoms with Crippen LogP contribution in [0.3, 0.4) is 0 Å². The van der Waals surface area contributed by atoms with Crippen LogP contribution in [-0.4, -0.2) is 5.78 Å². The van der Waals surface area contributed by atoms with E-state index >= 15 is 0 Å². The van der Waals surface area contributed by atoms with E-state index in [1.54, 1.807) is 0 Å². The zero-order valence-corrected chi connectivity index (χ0v) is 22.2. The number of ether oxygens (including phenoxy) is 1. The largest absolute Gasteiger partial charge is 0.487 e. The molecule has 6 rings (SSSR count). The fourth-order valence-electron chi connectivity index (χ4n) is 5.31. The third-order valence-electron chi connectivity index (χ3n) is 6.85. The summed E-state index contributed by atoms with van der Waals surface area (Å²) >= 11 is 7.38. The highest BCUT2D eigenvalue weighted by molar-refractivity contribution is 9.11. The van der Waals surface area contributed by atoms with Gasteiger partial charge in [0.2, 0.25) is 0 Å². The molecule has 174 valence electrons. The first-order valence-corrected chi connectivity index (χ1v) is 13.4. The highest BCUT2D eigenvalue weighted by atomic mass is 79.9. The van der Waals surface area contributed by atoms with Gasteiger partial charge < -0.3 is 10.1 Å². The average Bonchev–Trinajstić information content (AvgIpc) is 2.87. The molecule has 1 aliphatic heterocycles. The fraction of sp³-hybridized carbons (Fsp3) is 0.167. The molecule has 0 fully saturated rings. The molecule has 2 aliphatic rings. The first-order chi connectivity index (χ1) is 17.1. The standard InChI is InChI=1S/C30H23Br2NO2/c31-20-15-23(30(24(32)16-20)35-17-18-7-2-1-3-8-18)29-28-22(11-6-12-26(28)34)27-21-10-5-4-9-19(21)13-14-25(27)33-29/h1-5,7-10,13-16,29,33H,6,11-12,17H2/t29-/m0/s1. The number of rotatable bonds is 4. The second-order valence-electron chi connectivity index (χ2n) is 9.04.